The molecule has 0 bridgehead atoms. The van der Waals surface area contributed by atoms with Crippen molar-refractivity contribution in [3.63, 3.8) is 0 Å². The molecule has 0 aliphatic carbocycles. The number of hydrogen-bond donors (Lipinski definition) is 0. The van der Waals surface area contributed by atoms with Crippen LogP contribution in [0, 0.1) is 0 Å². The zero-order valence-corrected chi connectivity index (χ0v) is 12.1. The molecular weight excluding hydrogens is 272 g/mol. The zero-order chi connectivity index (χ0) is 13.7. The minimum atomic E-state index is -0.579. The highest BCUT2D eigenvalue weighted by molar-refractivity contribution is 7.98. The van der Waals surface area contributed by atoms with Crippen molar-refractivity contribution in [2.45, 2.75) is 24.1 Å². The molecule has 98 valence electrons. The molecule has 3 nitrogen and oxygen atoms in total. The number of rotatable bonds is 5. The molecule has 0 spiro atoms. The Labute approximate surface area is 116 Å². The second kappa shape index (κ2) is 6.81. The van der Waals surface area contributed by atoms with E-state index in [9.17, 15) is 9.59 Å². The molecule has 1 aromatic carbocycles. The van der Waals surface area contributed by atoms with Gasteiger partial charge in [0.2, 0.25) is 0 Å². The van der Waals surface area contributed by atoms with Crippen LogP contribution in [0.2, 0.25) is 0 Å². The van der Waals surface area contributed by atoms with E-state index >= 15 is 0 Å². The van der Waals surface area contributed by atoms with Gasteiger partial charge in [-0.15, -0.1) is 23.4 Å². The first-order valence-electron chi connectivity index (χ1n) is 5.54. The third-order valence-corrected chi connectivity index (χ3v) is 3.32. The van der Waals surface area contributed by atoms with Crippen molar-refractivity contribution < 1.29 is 14.3 Å². The highest BCUT2D eigenvalue weighted by Gasteiger charge is 2.18. The third-order valence-electron chi connectivity index (χ3n) is 2.34. The Hall–Kier alpha value is -1.00. The van der Waals surface area contributed by atoms with Crippen LogP contribution < -0.4 is 0 Å². The molecule has 0 saturated heterocycles. The third kappa shape index (κ3) is 3.50. The summed E-state index contributed by atoms with van der Waals surface area (Å²) in [4.78, 5) is 24.2. The van der Waals surface area contributed by atoms with Crippen LogP contribution in [0.25, 0.3) is 0 Å². The maximum absolute atomic E-state index is 11.9. The Morgan fingerprint density at radius 1 is 1.44 bits per heavy atom. The van der Waals surface area contributed by atoms with Crippen molar-refractivity contribution >= 4 is 35.1 Å². The molecule has 0 aliphatic heterocycles. The Kier molecular flexibility index (Phi) is 5.69. The molecule has 0 heterocycles. The van der Waals surface area contributed by atoms with Crippen molar-refractivity contribution in [1.29, 1.82) is 0 Å². The second-order valence-electron chi connectivity index (χ2n) is 3.62. The van der Waals surface area contributed by atoms with Gasteiger partial charge in [-0.2, -0.15) is 0 Å². The van der Waals surface area contributed by atoms with E-state index in [2.05, 4.69) is 0 Å². The number of Topliss-reactive ketones (excluding diaryl/α,β-unsaturated/α-hetero) is 1. The van der Waals surface area contributed by atoms with Crippen LogP contribution in [0.1, 0.15) is 34.6 Å². The lowest BCUT2D eigenvalue weighted by Gasteiger charge is -2.10. The maximum Gasteiger partial charge on any atom is 0.338 e. The van der Waals surface area contributed by atoms with Gasteiger partial charge in [0.1, 0.15) is 0 Å². The molecule has 18 heavy (non-hydrogen) atoms. The van der Waals surface area contributed by atoms with E-state index in [1.165, 1.54) is 11.8 Å². The zero-order valence-electron chi connectivity index (χ0n) is 10.5. The SMILES string of the molecule is CCOC(=O)c1ccc(C(=O)C(C)Cl)c(SC)c1. The topological polar surface area (TPSA) is 43.4 Å². The maximum atomic E-state index is 11.9. The van der Waals surface area contributed by atoms with Gasteiger partial charge in [-0.05, 0) is 38.3 Å². The summed E-state index contributed by atoms with van der Waals surface area (Å²) in [5.74, 6) is -0.526. The van der Waals surface area contributed by atoms with E-state index in [0.717, 1.165) is 4.90 Å². The summed E-state index contributed by atoms with van der Waals surface area (Å²) in [7, 11) is 0. The number of alkyl halides is 1. The van der Waals surface area contributed by atoms with Gasteiger partial charge in [0, 0.05) is 10.5 Å². The number of carbonyl (C=O) groups excluding carboxylic acids is 2. The molecule has 0 radical (unpaired) electrons. The van der Waals surface area contributed by atoms with Gasteiger partial charge in [0.15, 0.2) is 5.78 Å². The van der Waals surface area contributed by atoms with Gasteiger partial charge in [-0.25, -0.2) is 4.79 Å². The molecule has 0 saturated carbocycles. The molecule has 1 rings (SSSR count). The Balaban J connectivity index is 3.11. The number of benzene rings is 1. The van der Waals surface area contributed by atoms with Gasteiger partial charge >= 0.3 is 5.97 Å². The van der Waals surface area contributed by atoms with E-state index in [1.54, 1.807) is 32.0 Å². The standard InChI is InChI=1S/C13H15ClO3S/c1-4-17-13(16)9-5-6-10(11(7-9)18-3)12(15)8(2)14/h5-8H,4H2,1-3H3. The Morgan fingerprint density at radius 2 is 2.11 bits per heavy atom. The van der Waals surface area contributed by atoms with E-state index < -0.39 is 5.38 Å². The Bertz CT molecular complexity index is 458. The molecule has 1 unspecified atom stereocenters. The number of halogens is 1. The fourth-order valence-corrected chi connectivity index (χ4v) is 2.20. The number of carbonyl (C=O) groups is 2. The van der Waals surface area contributed by atoms with Crippen molar-refractivity contribution in [3.8, 4) is 0 Å². The number of ketones is 1. The molecule has 1 aromatic rings. The molecule has 0 N–H and O–H groups in total. The summed E-state index contributed by atoms with van der Waals surface area (Å²) in [5, 5.41) is -0.579. The van der Waals surface area contributed by atoms with Crippen molar-refractivity contribution in [1.82, 2.24) is 0 Å². The fraction of sp³-hybridized carbons (Fsp3) is 0.385. The van der Waals surface area contributed by atoms with Gasteiger partial charge in [0.05, 0.1) is 17.5 Å². The van der Waals surface area contributed by atoms with E-state index in [-0.39, 0.29) is 11.8 Å². The van der Waals surface area contributed by atoms with Crippen LogP contribution in [0.3, 0.4) is 0 Å². The highest BCUT2D eigenvalue weighted by Crippen LogP contribution is 2.24. The minimum absolute atomic E-state index is 0.142. The quantitative estimate of drug-likeness (QED) is 0.360. The largest absolute Gasteiger partial charge is 0.462 e. The normalized spacial score (nSPS) is 12.0. The first-order chi connectivity index (χ1) is 8.51. The van der Waals surface area contributed by atoms with Crippen molar-refractivity contribution in [2.24, 2.45) is 0 Å². The molecule has 0 amide bonds. The van der Waals surface area contributed by atoms with E-state index in [4.69, 9.17) is 16.3 Å². The van der Waals surface area contributed by atoms with Crippen LogP contribution in [0.5, 0.6) is 0 Å². The summed E-state index contributed by atoms with van der Waals surface area (Å²) in [6.07, 6.45) is 1.85. The molecule has 0 aliphatic rings. The fourth-order valence-electron chi connectivity index (χ4n) is 1.45. The number of ether oxygens (including phenoxy) is 1. The van der Waals surface area contributed by atoms with Gasteiger partial charge in [-0.3, -0.25) is 4.79 Å². The minimum Gasteiger partial charge on any atom is -0.462 e. The predicted octanol–water partition coefficient (Wildman–Crippen LogP) is 3.40. The lowest BCUT2D eigenvalue weighted by Crippen LogP contribution is -2.13. The predicted molar refractivity (Wildman–Crippen MR) is 73.8 cm³/mol. The average Bonchev–Trinajstić information content (AvgIpc) is 2.37. The summed E-state index contributed by atoms with van der Waals surface area (Å²) < 4.78 is 4.92. The van der Waals surface area contributed by atoms with E-state index in [1.807, 2.05) is 6.26 Å². The first-order valence-corrected chi connectivity index (χ1v) is 7.20. The summed E-state index contributed by atoms with van der Waals surface area (Å²) >= 11 is 7.20. The van der Waals surface area contributed by atoms with Gasteiger partial charge in [-0.1, -0.05) is 0 Å². The molecule has 1 atom stereocenters. The van der Waals surface area contributed by atoms with Crippen LogP contribution >= 0.6 is 23.4 Å². The van der Waals surface area contributed by atoms with Gasteiger partial charge in [0.25, 0.3) is 0 Å². The highest BCUT2D eigenvalue weighted by atomic mass is 35.5. The van der Waals surface area contributed by atoms with E-state index in [0.29, 0.717) is 17.7 Å². The van der Waals surface area contributed by atoms with Gasteiger partial charge < -0.3 is 4.74 Å². The first kappa shape index (κ1) is 15.1. The number of hydrogen-bond acceptors (Lipinski definition) is 4. The number of esters is 1. The van der Waals surface area contributed by atoms with Crippen LogP contribution in [0.4, 0.5) is 0 Å². The smallest absolute Gasteiger partial charge is 0.338 e. The van der Waals surface area contributed by atoms with Crippen LogP contribution in [0.15, 0.2) is 23.1 Å². The molecule has 0 aromatic heterocycles. The number of thioether (sulfide) groups is 1. The average molecular weight is 287 g/mol. The molecule has 0 fully saturated rings. The summed E-state index contributed by atoms with van der Waals surface area (Å²) in [5.41, 5.74) is 0.984. The lowest BCUT2D eigenvalue weighted by atomic mass is 10.1. The molecular formula is C13H15ClO3S. The lowest BCUT2D eigenvalue weighted by molar-refractivity contribution is 0.0525. The summed E-state index contributed by atoms with van der Waals surface area (Å²) in [6.45, 7) is 3.71. The summed E-state index contributed by atoms with van der Waals surface area (Å²) in [6, 6.07) is 4.87. The van der Waals surface area contributed by atoms with Crippen LogP contribution in [-0.4, -0.2) is 30.0 Å². The Morgan fingerprint density at radius 3 is 2.61 bits per heavy atom. The second-order valence-corrected chi connectivity index (χ2v) is 5.12. The molecule has 5 heteroatoms. The monoisotopic (exact) mass is 286 g/mol. The van der Waals surface area contributed by atoms with Crippen molar-refractivity contribution in [3.05, 3.63) is 29.3 Å². The van der Waals surface area contributed by atoms with Crippen LogP contribution in [-0.2, 0) is 4.74 Å². The van der Waals surface area contributed by atoms with Crippen molar-refractivity contribution in [2.75, 3.05) is 12.9 Å².